The van der Waals surface area contributed by atoms with Crippen LogP contribution < -0.4 is 16.4 Å². The molecule has 0 aliphatic carbocycles. The number of piperidine rings is 1. The van der Waals surface area contributed by atoms with Crippen LogP contribution in [0.1, 0.15) is 12.8 Å². The number of nitrogen functional groups attached to an aromatic ring is 1. The van der Waals surface area contributed by atoms with Gasteiger partial charge in [-0.15, -0.1) is 0 Å². The molecule has 3 aromatic rings. The zero-order chi connectivity index (χ0) is 20.0. The second-order valence-corrected chi connectivity index (χ2v) is 9.07. The van der Waals surface area contributed by atoms with Gasteiger partial charge in [0.15, 0.2) is 5.82 Å². The SMILES string of the molecule is Nc1nccc(Sc2cnc(N3CCC4(CC3)COC[C@H]4N)c3ccnn23)c1Cl. The second kappa shape index (κ2) is 7.32. The minimum Gasteiger partial charge on any atom is -0.382 e. The van der Waals surface area contributed by atoms with Gasteiger partial charge in [-0.1, -0.05) is 23.4 Å². The molecule has 8 nitrogen and oxygen atoms in total. The van der Waals surface area contributed by atoms with Gasteiger partial charge in [-0.3, -0.25) is 0 Å². The standard InChI is InChI=1S/C19H22ClN7OS/c20-16-13(2-5-23-17(16)22)29-15-9-24-18(12-1-6-25-27(12)15)26-7-3-19(4-8-26)11-28-10-14(19)21/h1-2,5-6,9,14H,3-4,7-8,10-11,21H2,(H2,22,23)/t14-/m1/s1. The minimum absolute atomic E-state index is 0.112. The number of ether oxygens (including phenoxy) is 1. The maximum atomic E-state index is 6.32. The first-order valence-electron chi connectivity index (χ1n) is 9.56. The first-order valence-corrected chi connectivity index (χ1v) is 10.8. The number of nitrogens with zero attached hydrogens (tertiary/aromatic N) is 5. The van der Waals surface area contributed by atoms with Crippen molar-refractivity contribution >= 4 is 40.5 Å². The second-order valence-electron chi connectivity index (χ2n) is 7.63. The molecule has 0 aromatic carbocycles. The molecule has 2 aliphatic rings. The summed E-state index contributed by atoms with van der Waals surface area (Å²) in [4.78, 5) is 11.9. The van der Waals surface area contributed by atoms with Crippen LogP contribution in [0.2, 0.25) is 5.02 Å². The lowest BCUT2D eigenvalue weighted by Gasteiger charge is -2.41. The summed E-state index contributed by atoms with van der Waals surface area (Å²) < 4.78 is 7.54. The van der Waals surface area contributed by atoms with Crippen molar-refractivity contribution in [3.63, 3.8) is 0 Å². The smallest absolute Gasteiger partial charge is 0.154 e. The predicted octanol–water partition coefficient (Wildman–Crippen LogP) is 2.46. The molecule has 0 unspecified atom stereocenters. The van der Waals surface area contributed by atoms with E-state index in [4.69, 9.17) is 32.8 Å². The minimum atomic E-state index is 0.112. The third kappa shape index (κ3) is 3.22. The monoisotopic (exact) mass is 431 g/mol. The number of aromatic nitrogens is 4. The molecule has 2 fully saturated rings. The Morgan fingerprint density at radius 2 is 2.03 bits per heavy atom. The highest BCUT2D eigenvalue weighted by atomic mass is 35.5. The highest BCUT2D eigenvalue weighted by Gasteiger charge is 2.44. The molecule has 0 amide bonds. The normalized spacial score (nSPS) is 21.3. The lowest BCUT2D eigenvalue weighted by atomic mass is 9.75. The molecule has 5 rings (SSSR count). The first kappa shape index (κ1) is 18.9. The third-order valence-corrected chi connectivity index (χ3v) is 7.56. The van der Waals surface area contributed by atoms with Crippen LogP contribution in [0.4, 0.5) is 11.6 Å². The van der Waals surface area contributed by atoms with E-state index in [2.05, 4.69) is 15.0 Å². The Labute approximate surface area is 177 Å². The van der Waals surface area contributed by atoms with E-state index in [1.165, 1.54) is 11.8 Å². The van der Waals surface area contributed by atoms with Crippen molar-refractivity contribution in [2.75, 3.05) is 36.9 Å². The maximum absolute atomic E-state index is 6.32. The summed E-state index contributed by atoms with van der Waals surface area (Å²) in [5.74, 6) is 1.25. The van der Waals surface area contributed by atoms with Crippen molar-refractivity contribution in [2.24, 2.45) is 11.1 Å². The number of pyridine rings is 1. The molecular formula is C19H22ClN7OS. The molecule has 4 N–H and O–H groups in total. The number of hydrogen-bond donors (Lipinski definition) is 2. The van der Waals surface area contributed by atoms with Gasteiger partial charge in [0.05, 0.1) is 30.6 Å². The van der Waals surface area contributed by atoms with Gasteiger partial charge in [-0.05, 0) is 25.0 Å². The van der Waals surface area contributed by atoms with E-state index < -0.39 is 0 Å². The van der Waals surface area contributed by atoms with E-state index in [0.717, 1.165) is 53.8 Å². The van der Waals surface area contributed by atoms with E-state index in [-0.39, 0.29) is 11.5 Å². The van der Waals surface area contributed by atoms with Crippen molar-refractivity contribution in [3.05, 3.63) is 35.7 Å². The summed E-state index contributed by atoms with van der Waals surface area (Å²) in [6.45, 7) is 3.25. The molecule has 152 valence electrons. The van der Waals surface area contributed by atoms with Crippen molar-refractivity contribution in [2.45, 2.75) is 28.8 Å². The largest absolute Gasteiger partial charge is 0.382 e. The lowest BCUT2D eigenvalue weighted by Crippen LogP contribution is -2.49. The van der Waals surface area contributed by atoms with Gasteiger partial charge in [-0.2, -0.15) is 5.10 Å². The summed E-state index contributed by atoms with van der Waals surface area (Å²) in [5, 5.41) is 5.81. The zero-order valence-corrected chi connectivity index (χ0v) is 17.4. The van der Waals surface area contributed by atoms with E-state index >= 15 is 0 Å². The first-order chi connectivity index (χ1) is 14.1. The van der Waals surface area contributed by atoms with Crippen LogP contribution in [0.3, 0.4) is 0 Å². The Morgan fingerprint density at radius 1 is 1.21 bits per heavy atom. The van der Waals surface area contributed by atoms with Crippen LogP contribution in [-0.2, 0) is 4.74 Å². The number of fused-ring (bicyclic) bond motifs is 1. The molecular weight excluding hydrogens is 410 g/mol. The molecule has 2 aliphatic heterocycles. The maximum Gasteiger partial charge on any atom is 0.154 e. The van der Waals surface area contributed by atoms with Crippen LogP contribution >= 0.6 is 23.4 Å². The van der Waals surface area contributed by atoms with Gasteiger partial charge in [-0.25, -0.2) is 14.5 Å². The molecule has 2 saturated heterocycles. The van der Waals surface area contributed by atoms with Crippen molar-refractivity contribution in [3.8, 4) is 0 Å². The van der Waals surface area contributed by atoms with Gasteiger partial charge < -0.3 is 21.1 Å². The van der Waals surface area contributed by atoms with Crippen LogP contribution in [0, 0.1) is 5.41 Å². The summed E-state index contributed by atoms with van der Waals surface area (Å²) in [7, 11) is 0. The number of nitrogens with two attached hydrogens (primary N) is 2. The fourth-order valence-electron chi connectivity index (χ4n) is 4.18. The fraction of sp³-hybridized carbons (Fsp3) is 0.421. The van der Waals surface area contributed by atoms with Crippen LogP contribution in [0.25, 0.3) is 5.52 Å². The topological polar surface area (TPSA) is 108 Å². The quantitative estimate of drug-likeness (QED) is 0.651. The van der Waals surface area contributed by atoms with Crippen LogP contribution in [0.15, 0.2) is 40.6 Å². The molecule has 29 heavy (non-hydrogen) atoms. The van der Waals surface area contributed by atoms with Gasteiger partial charge in [0.1, 0.15) is 16.4 Å². The van der Waals surface area contributed by atoms with Gasteiger partial charge in [0.2, 0.25) is 0 Å². The molecule has 1 spiro atoms. The Morgan fingerprint density at radius 3 is 2.79 bits per heavy atom. The molecule has 0 bridgehead atoms. The Balaban J connectivity index is 1.42. The van der Waals surface area contributed by atoms with Crippen molar-refractivity contribution in [1.29, 1.82) is 0 Å². The van der Waals surface area contributed by atoms with Crippen molar-refractivity contribution in [1.82, 2.24) is 19.6 Å². The molecule has 0 radical (unpaired) electrons. The van der Waals surface area contributed by atoms with E-state index in [1.807, 2.05) is 22.8 Å². The Kier molecular flexibility index (Phi) is 4.78. The predicted molar refractivity (Wildman–Crippen MR) is 113 cm³/mol. The molecule has 0 saturated carbocycles. The van der Waals surface area contributed by atoms with Gasteiger partial charge in [0, 0.05) is 35.6 Å². The van der Waals surface area contributed by atoms with Crippen LogP contribution in [-0.4, -0.2) is 51.9 Å². The average Bonchev–Trinajstić information content (AvgIpc) is 3.35. The lowest BCUT2D eigenvalue weighted by molar-refractivity contribution is 0.132. The summed E-state index contributed by atoms with van der Waals surface area (Å²) in [6, 6.07) is 3.96. The summed E-state index contributed by atoms with van der Waals surface area (Å²) in [6.07, 6.45) is 7.30. The van der Waals surface area contributed by atoms with Crippen LogP contribution in [0.5, 0.6) is 0 Å². The molecule has 3 aromatic heterocycles. The molecule has 1 atom stereocenters. The van der Waals surface area contributed by atoms with E-state index in [9.17, 15) is 0 Å². The van der Waals surface area contributed by atoms with Gasteiger partial charge >= 0.3 is 0 Å². The average molecular weight is 432 g/mol. The number of anilines is 2. The Hall–Kier alpha value is -2.07. The number of halogens is 1. The van der Waals surface area contributed by atoms with E-state index in [0.29, 0.717) is 17.4 Å². The molecule has 5 heterocycles. The van der Waals surface area contributed by atoms with Crippen molar-refractivity contribution < 1.29 is 4.74 Å². The summed E-state index contributed by atoms with van der Waals surface area (Å²) >= 11 is 7.77. The highest BCUT2D eigenvalue weighted by molar-refractivity contribution is 7.99. The fourth-order valence-corrected chi connectivity index (χ4v) is 5.30. The highest BCUT2D eigenvalue weighted by Crippen LogP contribution is 2.41. The molecule has 10 heteroatoms. The summed E-state index contributed by atoms with van der Waals surface area (Å²) in [5.41, 5.74) is 13.2. The zero-order valence-electron chi connectivity index (χ0n) is 15.8. The number of hydrogen-bond acceptors (Lipinski definition) is 8. The number of rotatable bonds is 3. The Bertz CT molecular complexity index is 1050. The van der Waals surface area contributed by atoms with Gasteiger partial charge in [0.25, 0.3) is 0 Å². The third-order valence-electron chi connectivity index (χ3n) is 6.01. The van der Waals surface area contributed by atoms with E-state index in [1.54, 1.807) is 12.4 Å².